The summed E-state index contributed by atoms with van der Waals surface area (Å²) >= 11 is 7.74. The van der Waals surface area contributed by atoms with Gasteiger partial charge < -0.3 is 10.2 Å². The monoisotopic (exact) mass is 506 g/mol. The zero-order valence-electron chi connectivity index (χ0n) is 17.9. The zero-order valence-corrected chi connectivity index (χ0v) is 20.3. The Morgan fingerprint density at radius 2 is 1.82 bits per heavy atom. The summed E-state index contributed by atoms with van der Waals surface area (Å²) in [5.74, 6) is -0.544. The molecule has 1 atom stereocenters. The highest BCUT2D eigenvalue weighted by atomic mass is 35.5. The standard InChI is InChI=1S/C26H19ClN2O3S2/c27-19-6-3-5-17(13-19)16-29-22-14-18(25(30)28-15-20-7-4-12-33-20)10-11-24(22)34(32)23-9-2-1-8-21(23)26(29)31/h1-14H,15-16H2,(H,28,30)/t34-/m1/s1. The Labute approximate surface area is 208 Å². The molecule has 0 bridgehead atoms. The molecular weight excluding hydrogens is 488 g/mol. The molecule has 5 rings (SSSR count). The maximum atomic E-state index is 13.7. The lowest BCUT2D eigenvalue weighted by Crippen LogP contribution is -2.31. The van der Waals surface area contributed by atoms with E-state index >= 15 is 0 Å². The number of thiophene rings is 1. The summed E-state index contributed by atoms with van der Waals surface area (Å²) in [4.78, 5) is 30.1. The van der Waals surface area contributed by atoms with Gasteiger partial charge in [0.1, 0.15) is 0 Å². The van der Waals surface area contributed by atoms with Crippen LogP contribution in [0.5, 0.6) is 0 Å². The van der Waals surface area contributed by atoms with Crippen LogP contribution in [0.15, 0.2) is 94.0 Å². The molecule has 0 spiro atoms. The fourth-order valence-electron chi connectivity index (χ4n) is 3.86. The third kappa shape index (κ3) is 4.42. The van der Waals surface area contributed by atoms with Gasteiger partial charge in [0, 0.05) is 15.5 Å². The van der Waals surface area contributed by atoms with Crippen LogP contribution in [0.4, 0.5) is 5.69 Å². The molecule has 8 heteroatoms. The van der Waals surface area contributed by atoms with Gasteiger partial charge in [-0.15, -0.1) is 11.3 Å². The van der Waals surface area contributed by atoms with Crippen LogP contribution in [0, 0.1) is 0 Å². The number of rotatable bonds is 5. The van der Waals surface area contributed by atoms with Crippen LogP contribution in [0.25, 0.3) is 0 Å². The van der Waals surface area contributed by atoms with Crippen molar-refractivity contribution >= 4 is 51.2 Å². The Hall–Kier alpha value is -3.26. The first-order valence-electron chi connectivity index (χ1n) is 10.5. The summed E-state index contributed by atoms with van der Waals surface area (Å²) in [7, 11) is -1.58. The molecule has 1 aliphatic heterocycles. The minimum atomic E-state index is -1.58. The molecule has 1 N–H and O–H groups in total. The molecule has 0 saturated heterocycles. The van der Waals surface area contributed by atoms with Crippen molar-refractivity contribution in [2.45, 2.75) is 22.9 Å². The molecule has 5 nitrogen and oxygen atoms in total. The number of benzene rings is 3. The average Bonchev–Trinajstić information content (AvgIpc) is 3.36. The number of hydrogen-bond donors (Lipinski definition) is 1. The number of anilines is 1. The highest BCUT2D eigenvalue weighted by Crippen LogP contribution is 2.36. The number of amides is 2. The van der Waals surface area contributed by atoms with E-state index in [0.717, 1.165) is 10.4 Å². The van der Waals surface area contributed by atoms with Gasteiger partial charge in [-0.05, 0) is 59.5 Å². The Bertz CT molecular complexity index is 1420. The van der Waals surface area contributed by atoms with E-state index in [9.17, 15) is 13.8 Å². The molecule has 0 saturated carbocycles. The average molecular weight is 507 g/mol. The highest BCUT2D eigenvalue weighted by Gasteiger charge is 2.31. The summed E-state index contributed by atoms with van der Waals surface area (Å²) in [5, 5.41) is 5.43. The van der Waals surface area contributed by atoms with Crippen LogP contribution >= 0.6 is 22.9 Å². The van der Waals surface area contributed by atoms with Crippen LogP contribution in [0.1, 0.15) is 31.2 Å². The van der Waals surface area contributed by atoms with Crippen molar-refractivity contribution in [2.24, 2.45) is 0 Å². The van der Waals surface area contributed by atoms with Gasteiger partial charge in [0.2, 0.25) is 0 Å². The quantitative estimate of drug-likeness (QED) is 0.380. The van der Waals surface area contributed by atoms with Crippen LogP contribution in [0.2, 0.25) is 5.02 Å². The predicted molar refractivity (Wildman–Crippen MR) is 135 cm³/mol. The Morgan fingerprint density at radius 3 is 2.62 bits per heavy atom. The van der Waals surface area contributed by atoms with E-state index in [2.05, 4.69) is 5.32 Å². The smallest absolute Gasteiger partial charge is 0.259 e. The Kier molecular flexibility index (Phi) is 6.32. The van der Waals surface area contributed by atoms with Crippen LogP contribution < -0.4 is 10.2 Å². The van der Waals surface area contributed by atoms with Gasteiger partial charge in [-0.2, -0.15) is 0 Å². The van der Waals surface area contributed by atoms with Gasteiger partial charge in [-0.3, -0.25) is 9.59 Å². The van der Waals surface area contributed by atoms with Crippen molar-refractivity contribution in [1.29, 1.82) is 0 Å². The van der Waals surface area contributed by atoms with Gasteiger partial charge in [-0.1, -0.05) is 41.9 Å². The van der Waals surface area contributed by atoms with E-state index in [1.54, 1.807) is 70.8 Å². The number of nitrogens with one attached hydrogen (secondary N) is 1. The first-order valence-corrected chi connectivity index (χ1v) is 12.9. The maximum absolute atomic E-state index is 13.7. The summed E-state index contributed by atoms with van der Waals surface area (Å²) in [6, 6.07) is 23.0. The van der Waals surface area contributed by atoms with E-state index in [1.165, 1.54) is 0 Å². The fraction of sp³-hybridized carbons (Fsp3) is 0.0769. The first kappa shape index (κ1) is 22.5. The van der Waals surface area contributed by atoms with Gasteiger partial charge >= 0.3 is 0 Å². The summed E-state index contributed by atoms with van der Waals surface area (Å²) in [5.41, 5.74) is 2.04. The number of hydrogen-bond acceptors (Lipinski definition) is 4. The van der Waals surface area contributed by atoms with E-state index in [-0.39, 0.29) is 18.4 Å². The van der Waals surface area contributed by atoms with Crippen molar-refractivity contribution in [3.8, 4) is 0 Å². The van der Waals surface area contributed by atoms with Crippen molar-refractivity contribution in [1.82, 2.24) is 5.32 Å². The molecule has 4 aromatic rings. The third-order valence-electron chi connectivity index (χ3n) is 5.51. The molecule has 1 aliphatic rings. The predicted octanol–water partition coefficient (Wildman–Crippen LogP) is 5.66. The Balaban J connectivity index is 1.57. The molecule has 34 heavy (non-hydrogen) atoms. The molecule has 0 radical (unpaired) electrons. The molecule has 2 heterocycles. The minimum Gasteiger partial charge on any atom is -0.347 e. The van der Waals surface area contributed by atoms with E-state index in [0.29, 0.717) is 38.2 Å². The Morgan fingerprint density at radius 1 is 0.971 bits per heavy atom. The number of carbonyl (C=O) groups excluding carboxylic acids is 2. The minimum absolute atomic E-state index is 0.220. The lowest BCUT2D eigenvalue weighted by molar-refractivity contribution is 0.0947. The van der Waals surface area contributed by atoms with Crippen molar-refractivity contribution in [3.05, 3.63) is 111 Å². The van der Waals surface area contributed by atoms with Crippen LogP contribution in [-0.2, 0) is 23.9 Å². The maximum Gasteiger partial charge on any atom is 0.259 e. The second-order valence-electron chi connectivity index (χ2n) is 7.73. The lowest BCUT2D eigenvalue weighted by Gasteiger charge is -2.23. The third-order valence-corrected chi connectivity index (χ3v) is 8.12. The second-order valence-corrected chi connectivity index (χ2v) is 10.6. The van der Waals surface area contributed by atoms with Crippen molar-refractivity contribution in [3.63, 3.8) is 0 Å². The van der Waals surface area contributed by atoms with Crippen molar-refractivity contribution in [2.75, 3.05) is 4.90 Å². The van der Waals surface area contributed by atoms with E-state index < -0.39 is 10.8 Å². The first-order chi connectivity index (χ1) is 16.5. The highest BCUT2D eigenvalue weighted by molar-refractivity contribution is 7.85. The SMILES string of the molecule is O=C(NCc1cccs1)c1ccc2c(c1)N(Cc1cccc(Cl)c1)C(=O)c1ccccc1[S@]2=O. The number of halogens is 1. The summed E-state index contributed by atoms with van der Waals surface area (Å²) in [6.07, 6.45) is 0. The molecule has 0 unspecified atom stereocenters. The molecule has 170 valence electrons. The van der Waals surface area contributed by atoms with Gasteiger partial charge in [0.15, 0.2) is 0 Å². The summed E-state index contributed by atoms with van der Waals surface area (Å²) in [6.45, 7) is 0.633. The molecule has 3 aromatic carbocycles. The largest absolute Gasteiger partial charge is 0.347 e. The topological polar surface area (TPSA) is 66.5 Å². The number of carbonyl (C=O) groups is 2. The summed E-state index contributed by atoms with van der Waals surface area (Å²) < 4.78 is 13.5. The molecule has 0 aliphatic carbocycles. The van der Waals surface area contributed by atoms with Gasteiger partial charge in [0.25, 0.3) is 11.8 Å². The number of fused-ring (bicyclic) bond motifs is 2. The van der Waals surface area contributed by atoms with Crippen LogP contribution in [-0.4, -0.2) is 16.0 Å². The second kappa shape index (κ2) is 9.54. The molecule has 1 aromatic heterocycles. The zero-order chi connectivity index (χ0) is 23.7. The van der Waals surface area contributed by atoms with Crippen LogP contribution in [0.3, 0.4) is 0 Å². The number of nitrogens with zero attached hydrogens (tertiary/aromatic N) is 1. The molecule has 0 fully saturated rings. The fourth-order valence-corrected chi connectivity index (χ4v) is 6.06. The van der Waals surface area contributed by atoms with E-state index in [1.807, 2.05) is 29.6 Å². The normalized spacial score (nSPS) is 14.8. The van der Waals surface area contributed by atoms with E-state index in [4.69, 9.17) is 11.6 Å². The van der Waals surface area contributed by atoms with Crippen molar-refractivity contribution < 1.29 is 13.8 Å². The molecule has 2 amide bonds. The lowest BCUT2D eigenvalue weighted by atomic mass is 10.1. The molecular formula is C26H19ClN2O3S2. The van der Waals surface area contributed by atoms with Gasteiger partial charge in [-0.25, -0.2) is 4.21 Å². The van der Waals surface area contributed by atoms with Gasteiger partial charge in [0.05, 0.1) is 44.9 Å².